The molecule has 5 nitrogen and oxygen atoms in total. The third-order valence-electron chi connectivity index (χ3n) is 2.60. The van der Waals surface area contributed by atoms with Gasteiger partial charge in [-0.05, 0) is 31.5 Å². The zero-order chi connectivity index (χ0) is 11.4. The van der Waals surface area contributed by atoms with Crippen LogP contribution >= 0.6 is 0 Å². The minimum Gasteiger partial charge on any atom is -0.489 e. The molecule has 1 aromatic carbocycles. The van der Waals surface area contributed by atoms with Gasteiger partial charge in [-0.1, -0.05) is 0 Å². The van der Waals surface area contributed by atoms with Gasteiger partial charge in [0.25, 0.3) is 5.69 Å². The average Bonchev–Trinajstić information content (AvgIpc) is 2.31. The highest BCUT2D eigenvalue weighted by atomic mass is 16.6. The van der Waals surface area contributed by atoms with Crippen molar-refractivity contribution in [2.45, 2.75) is 18.9 Å². The SMILES string of the molecule is O=[N+]([O-])c1ccc(OC2CCCNC2)cc1. The first kappa shape index (κ1) is 10.9. The molecular formula is C11H14N2O3. The number of ether oxygens (including phenoxy) is 1. The Hall–Kier alpha value is -1.62. The molecule has 0 aliphatic carbocycles. The number of benzene rings is 1. The fraction of sp³-hybridized carbons (Fsp3) is 0.455. The molecule has 1 saturated heterocycles. The van der Waals surface area contributed by atoms with Gasteiger partial charge < -0.3 is 10.1 Å². The predicted molar refractivity (Wildman–Crippen MR) is 59.6 cm³/mol. The lowest BCUT2D eigenvalue weighted by Crippen LogP contribution is -2.37. The van der Waals surface area contributed by atoms with Crippen LogP contribution in [0.15, 0.2) is 24.3 Å². The van der Waals surface area contributed by atoms with Gasteiger partial charge in [0.2, 0.25) is 0 Å². The van der Waals surface area contributed by atoms with Crippen LogP contribution in [0.5, 0.6) is 5.75 Å². The van der Waals surface area contributed by atoms with Crippen LogP contribution in [0.25, 0.3) is 0 Å². The highest BCUT2D eigenvalue weighted by Gasteiger charge is 2.14. The van der Waals surface area contributed by atoms with Gasteiger partial charge >= 0.3 is 0 Å². The second kappa shape index (κ2) is 4.94. The maximum absolute atomic E-state index is 10.5. The molecular weight excluding hydrogens is 208 g/mol. The quantitative estimate of drug-likeness (QED) is 0.624. The molecule has 0 bridgehead atoms. The van der Waals surface area contributed by atoms with Crippen molar-refractivity contribution in [3.05, 3.63) is 34.4 Å². The minimum absolute atomic E-state index is 0.0918. The van der Waals surface area contributed by atoms with Crippen molar-refractivity contribution in [1.82, 2.24) is 5.32 Å². The average molecular weight is 222 g/mol. The molecule has 0 amide bonds. The summed E-state index contributed by atoms with van der Waals surface area (Å²) < 4.78 is 5.70. The van der Waals surface area contributed by atoms with Gasteiger partial charge in [0.1, 0.15) is 11.9 Å². The van der Waals surface area contributed by atoms with E-state index in [1.165, 1.54) is 12.1 Å². The monoisotopic (exact) mass is 222 g/mol. The molecule has 5 heteroatoms. The largest absolute Gasteiger partial charge is 0.489 e. The van der Waals surface area contributed by atoms with Crippen LogP contribution in [0.3, 0.4) is 0 Å². The van der Waals surface area contributed by atoms with Gasteiger partial charge in [-0.2, -0.15) is 0 Å². The van der Waals surface area contributed by atoms with E-state index in [1.807, 2.05) is 0 Å². The Balaban J connectivity index is 1.96. The summed E-state index contributed by atoms with van der Waals surface area (Å²) in [6.07, 6.45) is 2.32. The number of hydrogen-bond donors (Lipinski definition) is 1. The van der Waals surface area contributed by atoms with Crippen molar-refractivity contribution in [2.24, 2.45) is 0 Å². The molecule has 1 aromatic rings. The molecule has 16 heavy (non-hydrogen) atoms. The normalized spacial score (nSPS) is 20.4. The van der Waals surface area contributed by atoms with E-state index in [1.54, 1.807) is 12.1 Å². The van der Waals surface area contributed by atoms with Gasteiger partial charge in [0.05, 0.1) is 4.92 Å². The van der Waals surface area contributed by atoms with E-state index in [-0.39, 0.29) is 11.8 Å². The molecule has 1 N–H and O–H groups in total. The van der Waals surface area contributed by atoms with Crippen molar-refractivity contribution >= 4 is 5.69 Å². The molecule has 0 aromatic heterocycles. The second-order valence-electron chi connectivity index (χ2n) is 3.84. The zero-order valence-corrected chi connectivity index (χ0v) is 8.89. The lowest BCUT2D eigenvalue weighted by molar-refractivity contribution is -0.384. The zero-order valence-electron chi connectivity index (χ0n) is 8.89. The summed E-state index contributed by atoms with van der Waals surface area (Å²) in [5.41, 5.74) is 0.0918. The summed E-state index contributed by atoms with van der Waals surface area (Å²) in [6, 6.07) is 6.22. The number of non-ortho nitro benzene ring substituents is 1. The Bertz CT molecular complexity index is 358. The van der Waals surface area contributed by atoms with Gasteiger partial charge in [0.15, 0.2) is 0 Å². The van der Waals surface area contributed by atoms with Crippen molar-refractivity contribution in [2.75, 3.05) is 13.1 Å². The van der Waals surface area contributed by atoms with E-state index in [0.717, 1.165) is 25.9 Å². The topological polar surface area (TPSA) is 64.4 Å². The summed E-state index contributed by atoms with van der Waals surface area (Å²) >= 11 is 0. The number of hydrogen-bond acceptors (Lipinski definition) is 4. The maximum atomic E-state index is 10.5. The molecule has 1 aliphatic rings. The molecule has 2 rings (SSSR count). The Kier molecular flexibility index (Phi) is 3.36. The third kappa shape index (κ3) is 2.70. The summed E-state index contributed by atoms with van der Waals surface area (Å²) in [5, 5.41) is 13.7. The van der Waals surface area contributed by atoms with E-state index in [2.05, 4.69) is 5.32 Å². The van der Waals surface area contributed by atoms with E-state index in [4.69, 9.17) is 4.74 Å². The van der Waals surface area contributed by atoms with E-state index in [9.17, 15) is 10.1 Å². The lowest BCUT2D eigenvalue weighted by atomic mass is 10.1. The summed E-state index contributed by atoms with van der Waals surface area (Å²) in [7, 11) is 0. The molecule has 0 saturated carbocycles. The van der Waals surface area contributed by atoms with Gasteiger partial charge in [-0.25, -0.2) is 0 Å². The minimum atomic E-state index is -0.411. The number of nitro groups is 1. The number of nitrogens with one attached hydrogen (secondary N) is 1. The number of nitrogens with zero attached hydrogens (tertiary/aromatic N) is 1. The Morgan fingerprint density at radius 2 is 2.12 bits per heavy atom. The van der Waals surface area contributed by atoms with E-state index >= 15 is 0 Å². The first-order valence-corrected chi connectivity index (χ1v) is 5.37. The number of nitro benzene ring substituents is 1. The van der Waals surface area contributed by atoms with Crippen LogP contribution in [0.4, 0.5) is 5.69 Å². The Morgan fingerprint density at radius 3 is 2.69 bits per heavy atom. The van der Waals surface area contributed by atoms with Gasteiger partial charge in [0, 0.05) is 18.7 Å². The number of rotatable bonds is 3. The first-order valence-electron chi connectivity index (χ1n) is 5.37. The van der Waals surface area contributed by atoms with Gasteiger partial charge in [-0.15, -0.1) is 0 Å². The smallest absolute Gasteiger partial charge is 0.269 e. The summed E-state index contributed by atoms with van der Waals surface area (Å²) in [5.74, 6) is 0.694. The van der Waals surface area contributed by atoms with Crippen LogP contribution in [-0.4, -0.2) is 24.1 Å². The van der Waals surface area contributed by atoms with E-state index in [0.29, 0.717) is 5.75 Å². The van der Waals surface area contributed by atoms with Crippen molar-refractivity contribution in [3.8, 4) is 5.75 Å². The lowest BCUT2D eigenvalue weighted by Gasteiger charge is -2.23. The third-order valence-corrected chi connectivity index (χ3v) is 2.60. The van der Waals surface area contributed by atoms with Crippen LogP contribution in [-0.2, 0) is 0 Å². The van der Waals surface area contributed by atoms with Crippen LogP contribution < -0.4 is 10.1 Å². The molecule has 86 valence electrons. The van der Waals surface area contributed by atoms with Crippen LogP contribution in [0, 0.1) is 10.1 Å². The van der Waals surface area contributed by atoms with Crippen molar-refractivity contribution in [3.63, 3.8) is 0 Å². The molecule has 1 atom stereocenters. The molecule has 1 unspecified atom stereocenters. The van der Waals surface area contributed by atoms with Gasteiger partial charge in [-0.3, -0.25) is 10.1 Å². The summed E-state index contributed by atoms with van der Waals surface area (Å²) in [6.45, 7) is 1.89. The Labute approximate surface area is 93.6 Å². The molecule has 0 spiro atoms. The maximum Gasteiger partial charge on any atom is 0.269 e. The standard InChI is InChI=1S/C11H14N2O3/c14-13(15)9-3-5-10(6-4-9)16-11-2-1-7-12-8-11/h3-6,11-12H,1-2,7-8H2. The molecule has 0 radical (unpaired) electrons. The highest BCUT2D eigenvalue weighted by Crippen LogP contribution is 2.19. The van der Waals surface area contributed by atoms with E-state index < -0.39 is 4.92 Å². The summed E-state index contributed by atoms with van der Waals surface area (Å²) in [4.78, 5) is 10.0. The first-order chi connectivity index (χ1) is 7.75. The second-order valence-corrected chi connectivity index (χ2v) is 3.84. The fourth-order valence-electron chi connectivity index (χ4n) is 1.76. The highest BCUT2D eigenvalue weighted by molar-refractivity contribution is 5.36. The molecule has 1 aliphatic heterocycles. The molecule has 1 heterocycles. The number of piperidine rings is 1. The van der Waals surface area contributed by atoms with Crippen molar-refractivity contribution < 1.29 is 9.66 Å². The fourth-order valence-corrected chi connectivity index (χ4v) is 1.76. The van der Waals surface area contributed by atoms with Crippen LogP contribution in [0.2, 0.25) is 0 Å². The predicted octanol–water partition coefficient (Wildman–Crippen LogP) is 1.73. The Morgan fingerprint density at radius 1 is 1.38 bits per heavy atom. The van der Waals surface area contributed by atoms with Crippen molar-refractivity contribution in [1.29, 1.82) is 0 Å². The van der Waals surface area contributed by atoms with Crippen LogP contribution in [0.1, 0.15) is 12.8 Å². The molecule has 1 fully saturated rings.